The first-order chi connectivity index (χ1) is 18.1. The van der Waals surface area contributed by atoms with Crippen LogP contribution < -0.4 is 5.32 Å². The molecule has 0 radical (unpaired) electrons. The number of hydrogen-bond acceptors (Lipinski definition) is 3. The second kappa shape index (κ2) is 8.72. The lowest BCUT2D eigenvalue weighted by molar-refractivity contribution is -0.138. The average Bonchev–Trinajstić information content (AvgIpc) is 3.67. The first-order valence-electron chi connectivity index (χ1n) is 12.9. The maximum atomic E-state index is 14.1. The molecule has 38 heavy (non-hydrogen) atoms. The van der Waals surface area contributed by atoms with E-state index < -0.39 is 11.5 Å². The zero-order valence-corrected chi connectivity index (χ0v) is 21.5. The number of rotatable bonds is 4. The molecule has 0 unspecified atom stereocenters. The quantitative estimate of drug-likeness (QED) is 0.382. The third kappa shape index (κ3) is 4.02. The summed E-state index contributed by atoms with van der Waals surface area (Å²) in [4.78, 5) is 49.9. The van der Waals surface area contributed by atoms with Gasteiger partial charge in [0.1, 0.15) is 23.2 Å². The number of carbonyl (C=O) groups is 3. The van der Waals surface area contributed by atoms with Crippen molar-refractivity contribution >= 4 is 39.5 Å². The second-order valence-electron chi connectivity index (χ2n) is 11.4. The van der Waals surface area contributed by atoms with E-state index in [0.717, 1.165) is 10.9 Å². The highest BCUT2D eigenvalue weighted by Crippen LogP contribution is 2.34. The average molecular weight is 516 g/mol. The minimum atomic E-state index is -0.735. The molecular formula is C29H30FN5O3. The van der Waals surface area contributed by atoms with Gasteiger partial charge in [-0.1, -0.05) is 45.0 Å². The van der Waals surface area contributed by atoms with Crippen LogP contribution in [0.5, 0.6) is 0 Å². The summed E-state index contributed by atoms with van der Waals surface area (Å²) in [5.41, 5.74) is 1.66. The van der Waals surface area contributed by atoms with Crippen molar-refractivity contribution in [2.24, 2.45) is 5.41 Å². The lowest BCUT2D eigenvalue weighted by Crippen LogP contribution is -2.59. The summed E-state index contributed by atoms with van der Waals surface area (Å²) in [6.07, 6.45) is 0.679. The number of carbonyl (C=O) groups excluding carboxylic acids is 3. The molecule has 2 bridgehead atoms. The SMILES string of the molecule is CC(C)(C)[C@H](NC(=O)c1cc2ccccc2[nH]1)C(=O)N1C[C@@H]2C[C@H]1CN2C(=O)c1cc2c(F)cccc2[nH]1. The molecule has 8 nitrogen and oxygen atoms in total. The first-order valence-corrected chi connectivity index (χ1v) is 12.9. The first kappa shape index (κ1) is 24.2. The van der Waals surface area contributed by atoms with Crippen LogP contribution in [-0.2, 0) is 4.79 Å². The number of aromatic amines is 2. The van der Waals surface area contributed by atoms with Crippen LogP contribution in [0.15, 0.2) is 54.6 Å². The Hall–Kier alpha value is -4.14. The van der Waals surface area contributed by atoms with E-state index in [0.29, 0.717) is 41.8 Å². The Morgan fingerprint density at radius 1 is 0.921 bits per heavy atom. The van der Waals surface area contributed by atoms with Gasteiger partial charge in [-0.25, -0.2) is 4.39 Å². The summed E-state index contributed by atoms with van der Waals surface area (Å²) in [6.45, 7) is 6.60. The number of likely N-dealkylation sites (tertiary alicyclic amines) is 2. The summed E-state index contributed by atoms with van der Waals surface area (Å²) in [6, 6.07) is 14.7. The molecule has 2 aromatic carbocycles. The zero-order chi connectivity index (χ0) is 26.8. The molecule has 2 aliphatic rings. The van der Waals surface area contributed by atoms with Gasteiger partial charge in [-0.3, -0.25) is 14.4 Å². The lowest BCUT2D eigenvalue weighted by atomic mass is 9.85. The van der Waals surface area contributed by atoms with Crippen molar-refractivity contribution < 1.29 is 18.8 Å². The van der Waals surface area contributed by atoms with Gasteiger partial charge in [0.2, 0.25) is 5.91 Å². The minimum Gasteiger partial charge on any atom is -0.351 e. The van der Waals surface area contributed by atoms with Crippen LogP contribution in [0.25, 0.3) is 21.8 Å². The number of piperazine rings is 1. The van der Waals surface area contributed by atoms with Gasteiger partial charge in [0.05, 0.1) is 12.1 Å². The van der Waals surface area contributed by atoms with Gasteiger partial charge >= 0.3 is 0 Å². The third-order valence-electron chi connectivity index (χ3n) is 7.79. The molecule has 0 spiro atoms. The molecular weight excluding hydrogens is 485 g/mol. The fraction of sp³-hybridized carbons (Fsp3) is 0.345. The lowest BCUT2D eigenvalue weighted by Gasteiger charge is -2.39. The molecule has 2 saturated heterocycles. The van der Waals surface area contributed by atoms with Crippen molar-refractivity contribution in [3.05, 3.63) is 71.8 Å². The summed E-state index contributed by atoms with van der Waals surface area (Å²) in [5.74, 6) is -1.05. The highest BCUT2D eigenvalue weighted by molar-refractivity contribution is 6.01. The monoisotopic (exact) mass is 515 g/mol. The van der Waals surface area contributed by atoms with Crippen LogP contribution >= 0.6 is 0 Å². The Morgan fingerprint density at radius 2 is 1.61 bits per heavy atom. The van der Waals surface area contributed by atoms with Crippen molar-refractivity contribution in [3.8, 4) is 0 Å². The summed E-state index contributed by atoms with van der Waals surface area (Å²) in [5, 5.41) is 4.28. The van der Waals surface area contributed by atoms with Gasteiger partial charge in [-0.05, 0) is 42.2 Å². The highest BCUT2D eigenvalue weighted by atomic mass is 19.1. The normalized spacial score (nSPS) is 19.9. The number of aromatic nitrogens is 2. The Labute approximate surface area is 219 Å². The Kier molecular flexibility index (Phi) is 5.55. The van der Waals surface area contributed by atoms with Gasteiger partial charge < -0.3 is 25.1 Å². The van der Waals surface area contributed by atoms with Crippen LogP contribution in [0.4, 0.5) is 4.39 Å². The van der Waals surface area contributed by atoms with Crippen molar-refractivity contribution in [1.29, 1.82) is 0 Å². The number of halogens is 1. The molecule has 3 amide bonds. The predicted octanol–water partition coefficient (Wildman–Crippen LogP) is 4.06. The molecule has 6 rings (SSSR count). The number of H-pyrrole nitrogens is 2. The van der Waals surface area contributed by atoms with Crippen LogP contribution in [0.2, 0.25) is 0 Å². The Morgan fingerprint density at radius 3 is 2.29 bits per heavy atom. The molecule has 0 saturated carbocycles. The fourth-order valence-corrected chi connectivity index (χ4v) is 5.79. The third-order valence-corrected chi connectivity index (χ3v) is 7.79. The molecule has 3 N–H and O–H groups in total. The summed E-state index contributed by atoms with van der Waals surface area (Å²) < 4.78 is 14.1. The number of para-hydroxylation sites is 1. The van der Waals surface area contributed by atoms with Gasteiger partial charge in [0.25, 0.3) is 11.8 Å². The molecule has 4 heterocycles. The number of nitrogens with one attached hydrogen (secondary N) is 3. The molecule has 2 fully saturated rings. The van der Waals surface area contributed by atoms with Gasteiger partial charge in [0.15, 0.2) is 0 Å². The standard InChI is InChI=1S/C29H30FN5O3/c1-29(2,3)25(33-26(36)23-11-16-7-4-5-9-21(16)31-23)28(38)35-15-17-12-18(35)14-34(17)27(37)24-13-19-20(30)8-6-10-22(19)32-24/h4-11,13,17-18,25,31-32H,12,14-15H2,1-3H3,(H,33,36)/t17-,18-,25+/m0/s1. The smallest absolute Gasteiger partial charge is 0.270 e. The minimum absolute atomic E-state index is 0.127. The number of nitrogens with zero attached hydrogens (tertiary/aromatic N) is 2. The zero-order valence-electron chi connectivity index (χ0n) is 21.5. The molecule has 9 heteroatoms. The van der Waals surface area contributed by atoms with Gasteiger partial charge in [0, 0.05) is 34.9 Å². The van der Waals surface area contributed by atoms with Crippen LogP contribution in [0.3, 0.4) is 0 Å². The van der Waals surface area contributed by atoms with Gasteiger partial charge in [-0.15, -0.1) is 0 Å². The molecule has 4 aromatic rings. The van der Waals surface area contributed by atoms with E-state index in [9.17, 15) is 18.8 Å². The van der Waals surface area contributed by atoms with Crippen molar-refractivity contribution in [2.75, 3.05) is 13.1 Å². The van der Waals surface area contributed by atoms with Crippen LogP contribution in [0, 0.1) is 11.2 Å². The molecule has 2 aromatic heterocycles. The Balaban J connectivity index is 1.17. The summed E-state index contributed by atoms with van der Waals surface area (Å²) >= 11 is 0. The van der Waals surface area contributed by atoms with E-state index in [2.05, 4.69) is 15.3 Å². The van der Waals surface area contributed by atoms with Crippen molar-refractivity contribution in [3.63, 3.8) is 0 Å². The second-order valence-corrected chi connectivity index (χ2v) is 11.4. The molecule has 2 aliphatic heterocycles. The van der Waals surface area contributed by atoms with Crippen LogP contribution in [-0.4, -0.2) is 68.7 Å². The number of hydrogen-bond donors (Lipinski definition) is 3. The fourth-order valence-electron chi connectivity index (χ4n) is 5.79. The van der Waals surface area contributed by atoms with E-state index >= 15 is 0 Å². The molecule has 0 aliphatic carbocycles. The largest absolute Gasteiger partial charge is 0.351 e. The van der Waals surface area contributed by atoms with E-state index in [1.54, 1.807) is 34.1 Å². The van der Waals surface area contributed by atoms with E-state index in [1.807, 2.05) is 45.0 Å². The van der Waals surface area contributed by atoms with Gasteiger partial charge in [-0.2, -0.15) is 0 Å². The number of benzene rings is 2. The van der Waals surface area contributed by atoms with E-state index in [4.69, 9.17) is 0 Å². The van der Waals surface area contributed by atoms with Crippen LogP contribution in [0.1, 0.15) is 48.2 Å². The van der Waals surface area contributed by atoms with Crippen molar-refractivity contribution in [1.82, 2.24) is 25.1 Å². The maximum Gasteiger partial charge on any atom is 0.270 e. The van der Waals surface area contributed by atoms with E-state index in [1.165, 1.54) is 6.07 Å². The number of fused-ring (bicyclic) bond motifs is 4. The van der Waals surface area contributed by atoms with Crippen molar-refractivity contribution in [2.45, 2.75) is 45.3 Å². The predicted molar refractivity (Wildman–Crippen MR) is 142 cm³/mol. The Bertz CT molecular complexity index is 1550. The topological polar surface area (TPSA) is 101 Å². The maximum absolute atomic E-state index is 14.1. The summed E-state index contributed by atoms with van der Waals surface area (Å²) in [7, 11) is 0. The highest BCUT2D eigenvalue weighted by Gasteiger charge is 2.50. The molecule has 196 valence electrons. The number of amides is 3. The molecule has 3 atom stereocenters. The van der Waals surface area contributed by atoms with E-state index in [-0.39, 0.29) is 35.6 Å².